The first-order chi connectivity index (χ1) is 10.8. The number of carbonyl (C=O) groups excluding carboxylic acids is 3. The third kappa shape index (κ3) is 6.28. The molecule has 0 aliphatic heterocycles. The Hall–Kier alpha value is -2.08. The number of amides is 2. The first-order valence-electron chi connectivity index (χ1n) is 7.36. The molecule has 0 aliphatic rings. The van der Waals surface area contributed by atoms with E-state index in [1.807, 2.05) is 13.8 Å². The van der Waals surface area contributed by atoms with Crippen molar-refractivity contribution < 1.29 is 19.1 Å². The van der Waals surface area contributed by atoms with Gasteiger partial charge >= 0.3 is 5.97 Å². The molecule has 7 heteroatoms. The number of rotatable bonds is 7. The second-order valence-corrected chi connectivity index (χ2v) is 5.57. The molecule has 2 atom stereocenters. The van der Waals surface area contributed by atoms with Gasteiger partial charge in [0.1, 0.15) is 6.04 Å². The molecule has 2 amide bonds. The number of hydrogen-bond donors (Lipinski definition) is 2. The van der Waals surface area contributed by atoms with Crippen LogP contribution in [0.5, 0.6) is 0 Å². The Morgan fingerprint density at radius 2 is 1.83 bits per heavy atom. The van der Waals surface area contributed by atoms with E-state index in [0.29, 0.717) is 5.02 Å². The van der Waals surface area contributed by atoms with Crippen LogP contribution in [-0.4, -0.2) is 36.5 Å². The molecule has 0 aliphatic carbocycles. The van der Waals surface area contributed by atoms with Gasteiger partial charge in [-0.3, -0.25) is 9.59 Å². The Bertz CT molecular complexity index is 577. The summed E-state index contributed by atoms with van der Waals surface area (Å²) in [5, 5.41) is 5.45. The zero-order valence-corrected chi connectivity index (χ0v) is 14.1. The summed E-state index contributed by atoms with van der Waals surface area (Å²) in [7, 11) is 0. The average molecular weight is 341 g/mol. The quantitative estimate of drug-likeness (QED) is 0.743. The van der Waals surface area contributed by atoms with E-state index in [1.54, 1.807) is 24.3 Å². The summed E-state index contributed by atoms with van der Waals surface area (Å²) in [6, 6.07) is 5.62. The van der Waals surface area contributed by atoms with E-state index in [2.05, 4.69) is 10.6 Å². The molecular weight excluding hydrogens is 320 g/mol. The van der Waals surface area contributed by atoms with Crippen molar-refractivity contribution in [1.82, 2.24) is 10.6 Å². The molecule has 1 aromatic rings. The highest BCUT2D eigenvalue weighted by Gasteiger charge is 2.20. The van der Waals surface area contributed by atoms with E-state index in [0.717, 1.165) is 6.42 Å². The summed E-state index contributed by atoms with van der Waals surface area (Å²) in [6.45, 7) is 4.88. The lowest BCUT2D eigenvalue weighted by molar-refractivity contribution is -0.150. The summed E-state index contributed by atoms with van der Waals surface area (Å²) in [4.78, 5) is 35.4. The van der Waals surface area contributed by atoms with Crippen molar-refractivity contribution in [1.29, 1.82) is 0 Å². The van der Waals surface area contributed by atoms with Crippen LogP contribution in [0.15, 0.2) is 24.3 Å². The van der Waals surface area contributed by atoms with Crippen molar-refractivity contribution in [3.8, 4) is 0 Å². The molecular formula is C16H21ClN2O4. The lowest BCUT2D eigenvalue weighted by Crippen LogP contribution is -2.41. The van der Waals surface area contributed by atoms with Gasteiger partial charge in [0.05, 0.1) is 10.6 Å². The maximum Gasteiger partial charge on any atom is 0.328 e. The van der Waals surface area contributed by atoms with Gasteiger partial charge in [-0.05, 0) is 32.4 Å². The second kappa shape index (κ2) is 9.15. The molecule has 23 heavy (non-hydrogen) atoms. The fourth-order valence-corrected chi connectivity index (χ4v) is 1.88. The van der Waals surface area contributed by atoms with Gasteiger partial charge in [-0.2, -0.15) is 0 Å². The number of ether oxygens (including phenoxy) is 1. The Morgan fingerprint density at radius 3 is 2.43 bits per heavy atom. The molecule has 0 saturated heterocycles. The molecule has 0 radical (unpaired) electrons. The van der Waals surface area contributed by atoms with Gasteiger partial charge in [-0.25, -0.2) is 4.79 Å². The topological polar surface area (TPSA) is 84.5 Å². The highest BCUT2D eigenvalue weighted by atomic mass is 35.5. The van der Waals surface area contributed by atoms with Crippen LogP contribution in [0.4, 0.5) is 0 Å². The summed E-state index contributed by atoms with van der Waals surface area (Å²) in [5.74, 6) is -1.55. The molecule has 0 aromatic heterocycles. The molecule has 6 nitrogen and oxygen atoms in total. The molecule has 1 rings (SSSR count). The van der Waals surface area contributed by atoms with Crippen molar-refractivity contribution in [2.45, 2.75) is 39.3 Å². The first-order valence-corrected chi connectivity index (χ1v) is 7.74. The minimum atomic E-state index is -0.893. The highest BCUT2D eigenvalue weighted by molar-refractivity contribution is 6.33. The predicted octanol–water partition coefficient (Wildman–Crippen LogP) is 1.92. The van der Waals surface area contributed by atoms with Gasteiger partial charge in [0.15, 0.2) is 6.61 Å². The summed E-state index contributed by atoms with van der Waals surface area (Å²) >= 11 is 5.92. The zero-order valence-electron chi connectivity index (χ0n) is 13.4. The molecule has 0 spiro atoms. The van der Waals surface area contributed by atoms with Gasteiger partial charge in [0.25, 0.3) is 11.8 Å². The maximum atomic E-state index is 12.0. The number of benzene rings is 1. The van der Waals surface area contributed by atoms with Gasteiger partial charge in [0, 0.05) is 6.04 Å². The highest BCUT2D eigenvalue weighted by Crippen LogP contribution is 2.14. The standard InChI is InChI=1S/C16H21ClN2O4/c1-4-10(2)18-14(20)9-23-16(22)11(3)19-15(21)12-7-5-6-8-13(12)17/h5-8,10-11H,4,9H2,1-3H3,(H,18,20)(H,19,21)/t10-,11-/m0/s1. The van der Waals surface area contributed by atoms with Crippen molar-refractivity contribution >= 4 is 29.4 Å². The third-order valence-corrected chi connectivity index (χ3v) is 3.51. The van der Waals surface area contributed by atoms with Crippen LogP contribution in [0.1, 0.15) is 37.6 Å². The van der Waals surface area contributed by atoms with E-state index in [9.17, 15) is 14.4 Å². The second-order valence-electron chi connectivity index (χ2n) is 5.16. The SMILES string of the molecule is CC[C@H](C)NC(=O)COC(=O)[C@H](C)NC(=O)c1ccccc1Cl. The normalized spacial score (nSPS) is 12.9. The fraction of sp³-hybridized carbons (Fsp3) is 0.438. The summed E-state index contributed by atoms with van der Waals surface area (Å²) in [5.41, 5.74) is 0.267. The zero-order chi connectivity index (χ0) is 17.4. The van der Waals surface area contributed by atoms with Gasteiger partial charge in [-0.1, -0.05) is 30.7 Å². The first kappa shape index (κ1) is 19.0. The Labute approximate surface area is 140 Å². The van der Waals surface area contributed by atoms with E-state index < -0.39 is 17.9 Å². The predicted molar refractivity (Wildman–Crippen MR) is 87.2 cm³/mol. The van der Waals surface area contributed by atoms with E-state index >= 15 is 0 Å². The molecule has 0 bridgehead atoms. The third-order valence-electron chi connectivity index (χ3n) is 3.18. The van der Waals surface area contributed by atoms with Gasteiger partial charge in [0.2, 0.25) is 0 Å². The van der Waals surface area contributed by atoms with Crippen LogP contribution in [0.2, 0.25) is 5.02 Å². The Morgan fingerprint density at radius 1 is 1.17 bits per heavy atom. The number of nitrogens with one attached hydrogen (secondary N) is 2. The monoisotopic (exact) mass is 340 g/mol. The maximum absolute atomic E-state index is 12.0. The molecule has 126 valence electrons. The summed E-state index contributed by atoms with van der Waals surface area (Å²) < 4.78 is 4.88. The minimum Gasteiger partial charge on any atom is -0.454 e. The fourth-order valence-electron chi connectivity index (χ4n) is 1.66. The van der Waals surface area contributed by atoms with Gasteiger partial charge in [-0.15, -0.1) is 0 Å². The van der Waals surface area contributed by atoms with Crippen LogP contribution in [-0.2, 0) is 14.3 Å². The van der Waals surface area contributed by atoms with Crippen molar-refractivity contribution in [2.75, 3.05) is 6.61 Å². The molecule has 0 unspecified atom stereocenters. The van der Waals surface area contributed by atoms with E-state index in [4.69, 9.17) is 16.3 Å². The Balaban J connectivity index is 2.47. The Kier molecular flexibility index (Phi) is 7.54. The lowest BCUT2D eigenvalue weighted by Gasteiger charge is -2.15. The average Bonchev–Trinajstić information content (AvgIpc) is 2.52. The number of halogens is 1. The largest absolute Gasteiger partial charge is 0.454 e. The van der Waals surface area contributed by atoms with E-state index in [-0.39, 0.29) is 24.1 Å². The van der Waals surface area contributed by atoms with Crippen molar-refractivity contribution in [3.63, 3.8) is 0 Å². The van der Waals surface area contributed by atoms with Gasteiger partial charge < -0.3 is 15.4 Å². The number of esters is 1. The lowest BCUT2D eigenvalue weighted by atomic mass is 10.2. The molecule has 0 saturated carbocycles. The summed E-state index contributed by atoms with van der Waals surface area (Å²) in [6.07, 6.45) is 0.782. The van der Waals surface area contributed by atoms with Crippen LogP contribution < -0.4 is 10.6 Å². The molecule has 1 aromatic carbocycles. The van der Waals surface area contributed by atoms with Crippen LogP contribution >= 0.6 is 11.6 Å². The van der Waals surface area contributed by atoms with Crippen LogP contribution in [0.3, 0.4) is 0 Å². The minimum absolute atomic E-state index is 0.0125. The van der Waals surface area contributed by atoms with Crippen molar-refractivity contribution in [3.05, 3.63) is 34.9 Å². The van der Waals surface area contributed by atoms with Crippen molar-refractivity contribution in [2.24, 2.45) is 0 Å². The van der Waals surface area contributed by atoms with Crippen LogP contribution in [0, 0.1) is 0 Å². The number of hydrogen-bond acceptors (Lipinski definition) is 4. The number of carbonyl (C=O) groups is 3. The molecule has 0 fully saturated rings. The molecule has 0 heterocycles. The molecule has 2 N–H and O–H groups in total. The smallest absolute Gasteiger partial charge is 0.328 e. The van der Waals surface area contributed by atoms with Crippen LogP contribution in [0.25, 0.3) is 0 Å². The van der Waals surface area contributed by atoms with E-state index in [1.165, 1.54) is 6.92 Å².